The number of fused-ring (bicyclic) bond motifs is 1. The van der Waals surface area contributed by atoms with Crippen LogP contribution in [-0.4, -0.2) is 17.9 Å². The molecular formula is C19H18BrCl2NO. The van der Waals surface area contributed by atoms with Crippen LogP contribution in [-0.2, 0) is 17.6 Å². The molecule has 0 heterocycles. The molecular weight excluding hydrogens is 409 g/mol. The Morgan fingerprint density at radius 3 is 2.62 bits per heavy atom. The average molecular weight is 427 g/mol. The highest BCUT2D eigenvalue weighted by Gasteiger charge is 2.28. The first-order chi connectivity index (χ1) is 11.4. The fourth-order valence-electron chi connectivity index (χ4n) is 3.31. The highest BCUT2D eigenvalue weighted by atomic mass is 79.9. The van der Waals surface area contributed by atoms with Crippen molar-refractivity contribution in [1.82, 2.24) is 4.90 Å². The zero-order valence-corrected chi connectivity index (χ0v) is 16.5. The lowest BCUT2D eigenvalue weighted by Gasteiger charge is -2.26. The molecule has 0 radical (unpaired) electrons. The monoisotopic (exact) mass is 425 g/mol. The Labute approximate surface area is 160 Å². The van der Waals surface area contributed by atoms with Crippen LogP contribution in [0.25, 0.3) is 0 Å². The molecule has 1 aliphatic carbocycles. The van der Waals surface area contributed by atoms with Gasteiger partial charge < -0.3 is 4.90 Å². The molecule has 2 aromatic rings. The summed E-state index contributed by atoms with van der Waals surface area (Å²) in [6, 6.07) is 11.9. The standard InChI is InChI=1S/C19H18BrCl2NO/c1-23(18-6-4-13-3-5-14(20)10-17(13)18)19(24)7-2-12-8-15(21)11-16(22)9-12/h3,5,8-11,18H,2,4,6-7H2,1H3. The van der Waals surface area contributed by atoms with Gasteiger partial charge in [0.15, 0.2) is 0 Å². The lowest BCUT2D eigenvalue weighted by Crippen LogP contribution is -2.30. The lowest BCUT2D eigenvalue weighted by molar-refractivity contribution is -0.132. The number of benzene rings is 2. The van der Waals surface area contributed by atoms with Gasteiger partial charge in [0.05, 0.1) is 6.04 Å². The maximum atomic E-state index is 12.6. The van der Waals surface area contributed by atoms with Crippen molar-refractivity contribution in [3.8, 4) is 0 Å². The maximum absolute atomic E-state index is 12.6. The normalized spacial score (nSPS) is 16.1. The largest absolute Gasteiger partial charge is 0.339 e. The van der Waals surface area contributed by atoms with Gasteiger partial charge in [-0.1, -0.05) is 45.2 Å². The van der Waals surface area contributed by atoms with Crippen molar-refractivity contribution < 1.29 is 4.79 Å². The second-order valence-corrected chi connectivity index (χ2v) is 7.97. The summed E-state index contributed by atoms with van der Waals surface area (Å²) >= 11 is 15.6. The minimum absolute atomic E-state index is 0.143. The average Bonchev–Trinajstić information content (AvgIpc) is 2.94. The Morgan fingerprint density at radius 1 is 1.21 bits per heavy atom. The van der Waals surface area contributed by atoms with Gasteiger partial charge in [-0.15, -0.1) is 0 Å². The molecule has 1 unspecified atom stereocenters. The molecule has 0 N–H and O–H groups in total. The highest BCUT2D eigenvalue weighted by molar-refractivity contribution is 9.10. The van der Waals surface area contributed by atoms with Crippen LogP contribution in [0.5, 0.6) is 0 Å². The molecule has 1 amide bonds. The number of carbonyl (C=O) groups is 1. The molecule has 1 atom stereocenters. The third-order valence-electron chi connectivity index (χ3n) is 4.56. The number of hydrogen-bond acceptors (Lipinski definition) is 1. The fourth-order valence-corrected chi connectivity index (χ4v) is 4.26. The van der Waals surface area contributed by atoms with Crippen LogP contribution in [0.1, 0.15) is 35.6 Å². The van der Waals surface area contributed by atoms with E-state index in [4.69, 9.17) is 23.2 Å². The van der Waals surface area contributed by atoms with Crippen LogP contribution >= 0.6 is 39.1 Å². The van der Waals surface area contributed by atoms with E-state index in [1.165, 1.54) is 11.1 Å². The molecule has 1 aliphatic rings. The van der Waals surface area contributed by atoms with E-state index in [1.807, 2.05) is 24.1 Å². The lowest BCUT2D eigenvalue weighted by atomic mass is 10.1. The molecule has 2 aromatic carbocycles. The molecule has 24 heavy (non-hydrogen) atoms. The molecule has 0 bridgehead atoms. The number of carbonyl (C=O) groups excluding carboxylic acids is 1. The second kappa shape index (κ2) is 7.47. The van der Waals surface area contributed by atoms with Crippen LogP contribution in [0.4, 0.5) is 0 Å². The maximum Gasteiger partial charge on any atom is 0.223 e. The van der Waals surface area contributed by atoms with Crippen molar-refractivity contribution >= 4 is 45.0 Å². The van der Waals surface area contributed by atoms with Gasteiger partial charge in [-0.05, 0) is 66.3 Å². The Bertz CT molecular complexity index is 758. The SMILES string of the molecule is CN(C(=O)CCc1cc(Cl)cc(Cl)c1)C1CCc2ccc(Br)cc21. The van der Waals surface area contributed by atoms with Gasteiger partial charge in [0.25, 0.3) is 0 Å². The summed E-state index contributed by atoms with van der Waals surface area (Å²) in [6.45, 7) is 0. The molecule has 5 heteroatoms. The second-order valence-electron chi connectivity index (χ2n) is 6.18. The first-order valence-electron chi connectivity index (χ1n) is 7.93. The van der Waals surface area contributed by atoms with Crippen LogP contribution in [0.15, 0.2) is 40.9 Å². The van der Waals surface area contributed by atoms with E-state index in [2.05, 4.69) is 34.1 Å². The van der Waals surface area contributed by atoms with E-state index in [0.29, 0.717) is 22.9 Å². The van der Waals surface area contributed by atoms with Crippen LogP contribution < -0.4 is 0 Å². The zero-order chi connectivity index (χ0) is 17.3. The van der Waals surface area contributed by atoms with E-state index in [0.717, 1.165) is 22.9 Å². The van der Waals surface area contributed by atoms with Crippen LogP contribution in [0.2, 0.25) is 10.0 Å². The number of nitrogens with zero attached hydrogens (tertiary/aromatic N) is 1. The van der Waals surface area contributed by atoms with Crippen molar-refractivity contribution in [3.05, 3.63) is 67.6 Å². The molecule has 126 valence electrons. The number of rotatable bonds is 4. The predicted octanol–water partition coefficient (Wildman–Crippen LogP) is 5.83. The van der Waals surface area contributed by atoms with Crippen molar-refractivity contribution in [2.24, 2.45) is 0 Å². The summed E-state index contributed by atoms with van der Waals surface area (Å²) in [5.74, 6) is 0.143. The van der Waals surface area contributed by atoms with Crippen LogP contribution in [0, 0.1) is 0 Å². The number of aryl methyl sites for hydroxylation is 2. The molecule has 2 nitrogen and oxygen atoms in total. The Morgan fingerprint density at radius 2 is 1.92 bits per heavy atom. The van der Waals surface area contributed by atoms with E-state index in [-0.39, 0.29) is 11.9 Å². The quantitative estimate of drug-likeness (QED) is 0.601. The van der Waals surface area contributed by atoms with Crippen molar-refractivity contribution in [1.29, 1.82) is 0 Å². The molecule has 0 saturated carbocycles. The summed E-state index contributed by atoms with van der Waals surface area (Å²) in [5, 5.41) is 1.21. The first kappa shape index (κ1) is 17.8. The van der Waals surface area contributed by atoms with E-state index >= 15 is 0 Å². The molecule has 0 saturated heterocycles. The molecule has 3 rings (SSSR count). The molecule has 0 aromatic heterocycles. The zero-order valence-electron chi connectivity index (χ0n) is 13.4. The van der Waals surface area contributed by atoms with E-state index in [1.54, 1.807) is 6.07 Å². The summed E-state index contributed by atoms with van der Waals surface area (Å²) in [6.07, 6.45) is 3.10. The fraction of sp³-hybridized carbons (Fsp3) is 0.316. The predicted molar refractivity (Wildman–Crippen MR) is 103 cm³/mol. The van der Waals surface area contributed by atoms with E-state index in [9.17, 15) is 4.79 Å². The first-order valence-corrected chi connectivity index (χ1v) is 9.48. The number of halogens is 3. The van der Waals surface area contributed by atoms with Gasteiger partial charge in [0.2, 0.25) is 5.91 Å². The summed E-state index contributed by atoms with van der Waals surface area (Å²) in [5.41, 5.74) is 3.58. The van der Waals surface area contributed by atoms with Gasteiger partial charge in [0, 0.05) is 28.0 Å². The number of hydrogen-bond donors (Lipinski definition) is 0. The highest BCUT2D eigenvalue weighted by Crippen LogP contribution is 2.37. The smallest absolute Gasteiger partial charge is 0.223 e. The van der Waals surface area contributed by atoms with Crippen molar-refractivity contribution in [2.75, 3.05) is 7.05 Å². The van der Waals surface area contributed by atoms with Gasteiger partial charge in [-0.25, -0.2) is 0 Å². The van der Waals surface area contributed by atoms with Gasteiger partial charge in [-0.3, -0.25) is 4.79 Å². The Balaban J connectivity index is 1.67. The van der Waals surface area contributed by atoms with Crippen molar-refractivity contribution in [2.45, 2.75) is 31.7 Å². The Hall–Kier alpha value is -1.03. The van der Waals surface area contributed by atoms with Gasteiger partial charge in [0.1, 0.15) is 0 Å². The Kier molecular flexibility index (Phi) is 5.53. The minimum atomic E-state index is 0.143. The summed E-state index contributed by atoms with van der Waals surface area (Å²) in [4.78, 5) is 14.5. The third-order valence-corrected chi connectivity index (χ3v) is 5.49. The molecule has 0 spiro atoms. The van der Waals surface area contributed by atoms with E-state index < -0.39 is 0 Å². The van der Waals surface area contributed by atoms with Gasteiger partial charge >= 0.3 is 0 Å². The summed E-state index contributed by atoms with van der Waals surface area (Å²) < 4.78 is 1.06. The molecule has 0 fully saturated rings. The minimum Gasteiger partial charge on any atom is -0.339 e. The topological polar surface area (TPSA) is 20.3 Å². The number of amides is 1. The third kappa shape index (κ3) is 3.96. The van der Waals surface area contributed by atoms with Gasteiger partial charge in [-0.2, -0.15) is 0 Å². The summed E-state index contributed by atoms with van der Waals surface area (Å²) in [7, 11) is 1.90. The van der Waals surface area contributed by atoms with Crippen LogP contribution in [0.3, 0.4) is 0 Å². The van der Waals surface area contributed by atoms with Crippen molar-refractivity contribution in [3.63, 3.8) is 0 Å². The molecule has 0 aliphatic heterocycles.